The predicted molar refractivity (Wildman–Crippen MR) is 111 cm³/mol. The molecule has 5 nitrogen and oxygen atoms in total. The van der Waals surface area contributed by atoms with Crippen LogP contribution >= 0.6 is 23.1 Å². The predicted octanol–water partition coefficient (Wildman–Crippen LogP) is 4.11. The number of thiophene rings is 1. The maximum absolute atomic E-state index is 12.8. The van der Waals surface area contributed by atoms with Gasteiger partial charge in [-0.05, 0) is 37.3 Å². The highest BCUT2D eigenvalue weighted by Gasteiger charge is 2.18. The van der Waals surface area contributed by atoms with Gasteiger partial charge in [0, 0.05) is 24.0 Å². The molecular formula is C20H24N4OS2. The van der Waals surface area contributed by atoms with Crippen LogP contribution in [-0.4, -0.2) is 37.4 Å². The van der Waals surface area contributed by atoms with Gasteiger partial charge in [-0.1, -0.05) is 48.2 Å². The maximum Gasteiger partial charge on any atom is 0.233 e. The van der Waals surface area contributed by atoms with E-state index in [0.717, 1.165) is 23.7 Å². The topological polar surface area (TPSA) is 51.0 Å². The number of aryl methyl sites for hydroxylation is 2. The van der Waals surface area contributed by atoms with Crippen molar-refractivity contribution in [2.24, 2.45) is 0 Å². The third-order valence-electron chi connectivity index (χ3n) is 4.22. The maximum atomic E-state index is 12.8. The second kappa shape index (κ2) is 9.71. The monoisotopic (exact) mass is 400 g/mol. The van der Waals surface area contributed by atoms with Gasteiger partial charge in [0.05, 0.1) is 5.75 Å². The van der Waals surface area contributed by atoms with Crippen molar-refractivity contribution in [1.29, 1.82) is 0 Å². The van der Waals surface area contributed by atoms with Crippen LogP contribution in [0.4, 0.5) is 0 Å². The lowest BCUT2D eigenvalue weighted by molar-refractivity contribution is -0.130. The average molecular weight is 401 g/mol. The van der Waals surface area contributed by atoms with Gasteiger partial charge in [0.2, 0.25) is 5.91 Å². The Hall–Kier alpha value is -2.12. The van der Waals surface area contributed by atoms with E-state index in [2.05, 4.69) is 53.7 Å². The number of nitrogens with zero attached hydrogens (tertiary/aromatic N) is 4. The molecule has 0 atom stereocenters. The lowest BCUT2D eigenvalue weighted by atomic mass is 10.2. The Morgan fingerprint density at radius 2 is 2.04 bits per heavy atom. The molecule has 0 saturated carbocycles. The molecular weight excluding hydrogens is 376 g/mol. The fourth-order valence-electron chi connectivity index (χ4n) is 2.74. The van der Waals surface area contributed by atoms with E-state index in [9.17, 15) is 4.79 Å². The van der Waals surface area contributed by atoms with Gasteiger partial charge in [-0.3, -0.25) is 4.79 Å². The number of hydrogen-bond donors (Lipinski definition) is 0. The van der Waals surface area contributed by atoms with E-state index in [1.165, 1.54) is 16.6 Å². The Morgan fingerprint density at radius 3 is 2.74 bits per heavy atom. The largest absolute Gasteiger partial charge is 0.335 e. The van der Waals surface area contributed by atoms with Crippen LogP contribution in [0.1, 0.15) is 24.3 Å². The van der Waals surface area contributed by atoms with Crippen molar-refractivity contribution >= 4 is 29.0 Å². The van der Waals surface area contributed by atoms with Crippen molar-refractivity contribution in [3.63, 3.8) is 0 Å². The number of aromatic nitrogens is 3. The zero-order valence-electron chi connectivity index (χ0n) is 15.6. The molecule has 0 saturated heterocycles. The van der Waals surface area contributed by atoms with Crippen LogP contribution in [0.2, 0.25) is 0 Å². The minimum atomic E-state index is 0.117. The Morgan fingerprint density at radius 1 is 1.22 bits per heavy atom. The summed E-state index contributed by atoms with van der Waals surface area (Å²) in [6.07, 6.45) is 2.69. The van der Waals surface area contributed by atoms with Gasteiger partial charge in [0.15, 0.2) is 5.16 Å². The van der Waals surface area contributed by atoms with Gasteiger partial charge in [-0.15, -0.1) is 21.5 Å². The molecule has 0 aliphatic rings. The highest BCUT2D eigenvalue weighted by atomic mass is 32.2. The second-order valence-electron chi connectivity index (χ2n) is 6.53. The summed E-state index contributed by atoms with van der Waals surface area (Å²) < 4.78 is 2.02. The summed E-state index contributed by atoms with van der Waals surface area (Å²) in [5.41, 5.74) is 1.14. The summed E-state index contributed by atoms with van der Waals surface area (Å²) in [5.74, 6) is 0.481. The van der Waals surface area contributed by atoms with E-state index in [0.29, 0.717) is 12.3 Å². The van der Waals surface area contributed by atoms with Gasteiger partial charge in [-0.25, -0.2) is 0 Å². The van der Waals surface area contributed by atoms with Gasteiger partial charge in [0.1, 0.15) is 6.33 Å². The van der Waals surface area contributed by atoms with E-state index in [-0.39, 0.29) is 11.9 Å². The standard InChI is InChI=1S/C20H24N4OS2/c1-16(2)24(13-17-7-4-3-5-8-17)19(25)14-27-20-22-21-15-23(20)11-10-18-9-6-12-26-18/h3-9,12,15-16H,10-11,13-14H2,1-2H3. The van der Waals surface area contributed by atoms with Crippen molar-refractivity contribution in [1.82, 2.24) is 19.7 Å². The quantitative estimate of drug-likeness (QED) is 0.507. The lowest BCUT2D eigenvalue weighted by Crippen LogP contribution is -2.37. The summed E-state index contributed by atoms with van der Waals surface area (Å²) in [6.45, 7) is 5.55. The van der Waals surface area contributed by atoms with Crippen LogP contribution in [0, 0.1) is 0 Å². The smallest absolute Gasteiger partial charge is 0.233 e. The highest BCUT2D eigenvalue weighted by molar-refractivity contribution is 7.99. The fraction of sp³-hybridized carbons (Fsp3) is 0.350. The van der Waals surface area contributed by atoms with Crippen LogP contribution in [0.3, 0.4) is 0 Å². The molecule has 3 aromatic rings. The molecule has 27 heavy (non-hydrogen) atoms. The molecule has 0 aliphatic heterocycles. The van der Waals surface area contributed by atoms with E-state index in [4.69, 9.17) is 0 Å². The van der Waals surface area contributed by atoms with Gasteiger partial charge in [-0.2, -0.15) is 0 Å². The third-order valence-corrected chi connectivity index (χ3v) is 6.13. The van der Waals surface area contributed by atoms with Crippen LogP contribution in [0.5, 0.6) is 0 Å². The van der Waals surface area contributed by atoms with Crippen molar-refractivity contribution in [3.05, 3.63) is 64.6 Å². The fourth-order valence-corrected chi connectivity index (χ4v) is 4.27. The molecule has 1 amide bonds. The summed E-state index contributed by atoms with van der Waals surface area (Å²) in [7, 11) is 0. The van der Waals surface area contributed by atoms with Crippen LogP contribution in [0.15, 0.2) is 59.3 Å². The molecule has 0 radical (unpaired) electrons. The normalized spacial score (nSPS) is 11.1. The Kier molecular flexibility index (Phi) is 7.06. The van der Waals surface area contributed by atoms with Crippen LogP contribution in [-0.2, 0) is 24.3 Å². The Labute approximate surface area is 168 Å². The molecule has 0 aliphatic carbocycles. The summed E-state index contributed by atoms with van der Waals surface area (Å²) in [6, 6.07) is 14.4. The number of amides is 1. The van der Waals surface area contributed by atoms with Gasteiger partial charge < -0.3 is 9.47 Å². The number of carbonyl (C=O) groups excluding carboxylic acids is 1. The molecule has 0 unspecified atom stereocenters. The first-order valence-electron chi connectivity index (χ1n) is 9.00. The minimum absolute atomic E-state index is 0.117. The zero-order valence-corrected chi connectivity index (χ0v) is 17.2. The molecule has 0 bridgehead atoms. The molecule has 0 fully saturated rings. The van der Waals surface area contributed by atoms with Crippen LogP contribution in [0.25, 0.3) is 0 Å². The third kappa shape index (κ3) is 5.68. The zero-order chi connectivity index (χ0) is 19.1. The molecule has 2 heterocycles. The molecule has 7 heteroatoms. The Bertz CT molecular complexity index is 831. The average Bonchev–Trinajstić information content (AvgIpc) is 3.34. The summed E-state index contributed by atoms with van der Waals surface area (Å²) >= 11 is 3.21. The SMILES string of the molecule is CC(C)N(Cc1ccccc1)C(=O)CSc1nncn1CCc1cccs1. The second-order valence-corrected chi connectivity index (χ2v) is 8.50. The van der Waals surface area contributed by atoms with Crippen molar-refractivity contribution in [2.75, 3.05) is 5.75 Å². The number of carbonyl (C=O) groups is 1. The number of benzene rings is 1. The van der Waals surface area contributed by atoms with E-state index < -0.39 is 0 Å². The van der Waals surface area contributed by atoms with E-state index >= 15 is 0 Å². The molecule has 2 aromatic heterocycles. The number of thioether (sulfide) groups is 1. The molecule has 1 aromatic carbocycles. The van der Waals surface area contributed by atoms with Gasteiger partial charge in [0.25, 0.3) is 0 Å². The first-order chi connectivity index (χ1) is 13.1. The van der Waals surface area contributed by atoms with Crippen molar-refractivity contribution in [3.8, 4) is 0 Å². The van der Waals surface area contributed by atoms with Crippen molar-refractivity contribution in [2.45, 2.75) is 44.6 Å². The molecule has 3 rings (SSSR count). The lowest BCUT2D eigenvalue weighted by Gasteiger charge is -2.26. The number of hydrogen-bond acceptors (Lipinski definition) is 5. The minimum Gasteiger partial charge on any atom is -0.335 e. The molecule has 0 N–H and O–H groups in total. The van der Waals surface area contributed by atoms with E-state index in [1.807, 2.05) is 27.7 Å². The first kappa shape index (κ1) is 19.6. The summed E-state index contributed by atoms with van der Waals surface area (Å²) in [4.78, 5) is 16.0. The van der Waals surface area contributed by atoms with Gasteiger partial charge >= 0.3 is 0 Å². The highest BCUT2D eigenvalue weighted by Crippen LogP contribution is 2.19. The molecule has 0 spiro atoms. The first-order valence-corrected chi connectivity index (χ1v) is 10.9. The van der Waals surface area contributed by atoms with Crippen molar-refractivity contribution < 1.29 is 4.79 Å². The number of rotatable bonds is 9. The van der Waals surface area contributed by atoms with E-state index in [1.54, 1.807) is 17.7 Å². The molecule has 142 valence electrons. The van der Waals surface area contributed by atoms with Crippen LogP contribution < -0.4 is 0 Å². The Balaban J connectivity index is 1.56. The summed E-state index contributed by atoms with van der Waals surface area (Å²) in [5, 5.41) is 11.1.